The highest BCUT2D eigenvalue weighted by Crippen LogP contribution is 2.38. The highest BCUT2D eigenvalue weighted by Gasteiger charge is 2.32. The molecule has 1 amide bonds. The summed E-state index contributed by atoms with van der Waals surface area (Å²) in [5.41, 5.74) is 1.18. The molecular weight excluding hydrogens is 278 g/mol. The van der Waals surface area contributed by atoms with Crippen LogP contribution in [-0.2, 0) is 4.79 Å². The fourth-order valence-electron chi connectivity index (χ4n) is 2.05. The van der Waals surface area contributed by atoms with Crippen LogP contribution in [0.5, 0.6) is 5.75 Å². The van der Waals surface area contributed by atoms with Gasteiger partial charge in [-0.2, -0.15) is 11.8 Å². The Balaban J connectivity index is 2.05. The average molecular weight is 297 g/mol. The molecule has 2 rings (SSSR count). The van der Waals surface area contributed by atoms with Crippen molar-refractivity contribution in [2.24, 2.45) is 0 Å². The van der Waals surface area contributed by atoms with E-state index in [9.17, 15) is 4.79 Å². The van der Waals surface area contributed by atoms with E-state index in [4.69, 9.17) is 4.74 Å². The SMILES string of the molecule is CCSCCN1C(=O)CSC1c1ccc(OC)cc1. The maximum Gasteiger partial charge on any atom is 0.233 e. The lowest BCUT2D eigenvalue weighted by atomic mass is 10.2. The summed E-state index contributed by atoms with van der Waals surface area (Å²) in [5, 5.41) is 0.163. The number of benzene rings is 1. The molecule has 3 nitrogen and oxygen atoms in total. The number of carbonyl (C=O) groups is 1. The molecule has 19 heavy (non-hydrogen) atoms. The topological polar surface area (TPSA) is 29.5 Å². The molecule has 0 aliphatic carbocycles. The van der Waals surface area contributed by atoms with Crippen LogP contribution in [0, 0.1) is 0 Å². The molecule has 1 heterocycles. The molecule has 0 saturated carbocycles. The number of nitrogens with zero attached hydrogens (tertiary/aromatic N) is 1. The average Bonchev–Trinajstić information content (AvgIpc) is 2.81. The Labute approximate surface area is 123 Å². The molecule has 0 spiro atoms. The largest absolute Gasteiger partial charge is 0.497 e. The summed E-state index contributed by atoms with van der Waals surface area (Å²) < 4.78 is 5.17. The number of hydrogen-bond acceptors (Lipinski definition) is 4. The molecule has 1 aliphatic rings. The third-order valence-electron chi connectivity index (χ3n) is 3.05. The predicted molar refractivity (Wildman–Crippen MR) is 82.9 cm³/mol. The van der Waals surface area contributed by atoms with Crippen molar-refractivity contribution in [1.29, 1.82) is 0 Å². The van der Waals surface area contributed by atoms with Crippen molar-refractivity contribution >= 4 is 29.4 Å². The first-order chi connectivity index (χ1) is 9.26. The molecule has 0 bridgehead atoms. The number of methoxy groups -OCH3 is 1. The first kappa shape index (κ1) is 14.6. The second-order valence-corrected chi connectivity index (χ2v) is 6.68. The quantitative estimate of drug-likeness (QED) is 0.755. The van der Waals surface area contributed by atoms with Crippen molar-refractivity contribution in [3.63, 3.8) is 0 Å². The van der Waals surface area contributed by atoms with Crippen molar-refractivity contribution in [3.8, 4) is 5.75 Å². The van der Waals surface area contributed by atoms with E-state index in [1.807, 2.05) is 28.8 Å². The van der Waals surface area contributed by atoms with E-state index >= 15 is 0 Å². The summed E-state index contributed by atoms with van der Waals surface area (Å²) >= 11 is 3.59. The smallest absolute Gasteiger partial charge is 0.233 e. The Morgan fingerprint density at radius 1 is 1.42 bits per heavy atom. The van der Waals surface area contributed by atoms with E-state index in [2.05, 4.69) is 19.1 Å². The van der Waals surface area contributed by atoms with Gasteiger partial charge in [-0.15, -0.1) is 11.8 Å². The van der Waals surface area contributed by atoms with Crippen molar-refractivity contribution < 1.29 is 9.53 Å². The molecule has 1 fully saturated rings. The fraction of sp³-hybridized carbons (Fsp3) is 0.500. The van der Waals surface area contributed by atoms with E-state index in [1.165, 1.54) is 5.56 Å². The van der Waals surface area contributed by atoms with E-state index < -0.39 is 0 Å². The first-order valence-corrected chi connectivity index (χ1v) is 8.59. The minimum Gasteiger partial charge on any atom is -0.497 e. The summed E-state index contributed by atoms with van der Waals surface area (Å²) in [4.78, 5) is 13.9. The molecule has 1 aromatic carbocycles. The number of thioether (sulfide) groups is 2. The van der Waals surface area contributed by atoms with Crippen LogP contribution in [0.2, 0.25) is 0 Å². The maximum atomic E-state index is 11.9. The highest BCUT2D eigenvalue weighted by molar-refractivity contribution is 8.00. The third kappa shape index (κ3) is 3.60. The Morgan fingerprint density at radius 2 is 2.16 bits per heavy atom. The zero-order chi connectivity index (χ0) is 13.7. The van der Waals surface area contributed by atoms with Crippen LogP contribution in [0.3, 0.4) is 0 Å². The molecule has 0 aromatic heterocycles. The Kier molecular flexibility index (Phi) is 5.45. The second kappa shape index (κ2) is 7.10. The normalized spacial score (nSPS) is 18.9. The van der Waals surface area contributed by atoms with Gasteiger partial charge < -0.3 is 9.64 Å². The van der Waals surface area contributed by atoms with Gasteiger partial charge >= 0.3 is 0 Å². The minimum atomic E-state index is 0.163. The summed E-state index contributed by atoms with van der Waals surface area (Å²) in [7, 11) is 1.66. The van der Waals surface area contributed by atoms with E-state index in [-0.39, 0.29) is 11.3 Å². The lowest BCUT2D eigenvalue weighted by Gasteiger charge is -2.24. The van der Waals surface area contributed by atoms with E-state index in [1.54, 1.807) is 18.9 Å². The molecule has 1 aliphatic heterocycles. The zero-order valence-electron chi connectivity index (χ0n) is 11.3. The maximum absolute atomic E-state index is 11.9. The third-order valence-corrected chi connectivity index (χ3v) is 5.19. The van der Waals surface area contributed by atoms with Crippen LogP contribution in [-0.4, -0.2) is 41.7 Å². The molecule has 1 saturated heterocycles. The highest BCUT2D eigenvalue weighted by atomic mass is 32.2. The molecule has 104 valence electrons. The molecule has 5 heteroatoms. The van der Waals surface area contributed by atoms with Gasteiger partial charge in [0.25, 0.3) is 0 Å². The van der Waals surface area contributed by atoms with Crippen LogP contribution in [0.1, 0.15) is 17.9 Å². The molecule has 0 N–H and O–H groups in total. The second-order valence-electron chi connectivity index (χ2n) is 4.22. The van der Waals surface area contributed by atoms with E-state index in [0.29, 0.717) is 5.75 Å². The van der Waals surface area contributed by atoms with Gasteiger partial charge in [-0.1, -0.05) is 19.1 Å². The Hall–Kier alpha value is -0.810. The van der Waals surface area contributed by atoms with Gasteiger partial charge in [0.05, 0.1) is 12.9 Å². The van der Waals surface area contributed by atoms with Gasteiger partial charge in [-0.25, -0.2) is 0 Å². The van der Waals surface area contributed by atoms with Crippen LogP contribution in [0.25, 0.3) is 0 Å². The molecule has 1 atom stereocenters. The van der Waals surface area contributed by atoms with Crippen LogP contribution in [0.15, 0.2) is 24.3 Å². The van der Waals surface area contributed by atoms with Crippen LogP contribution < -0.4 is 4.74 Å². The monoisotopic (exact) mass is 297 g/mol. The van der Waals surface area contributed by atoms with E-state index in [0.717, 1.165) is 23.8 Å². The number of amides is 1. The summed E-state index contributed by atoms with van der Waals surface area (Å²) in [5.74, 6) is 3.80. The predicted octanol–water partition coefficient (Wildman–Crippen LogP) is 3.02. The van der Waals surface area contributed by atoms with Crippen LogP contribution in [0.4, 0.5) is 0 Å². The van der Waals surface area contributed by atoms with Crippen molar-refractivity contribution in [2.75, 3.05) is 30.9 Å². The van der Waals surface area contributed by atoms with Gasteiger partial charge in [0.1, 0.15) is 11.1 Å². The summed E-state index contributed by atoms with van der Waals surface area (Å²) in [6.45, 7) is 2.98. The van der Waals surface area contributed by atoms with Gasteiger partial charge in [0.15, 0.2) is 0 Å². The van der Waals surface area contributed by atoms with Gasteiger partial charge in [-0.3, -0.25) is 4.79 Å². The number of ether oxygens (including phenoxy) is 1. The standard InChI is InChI=1S/C14H19NO2S2/c1-3-18-9-8-15-13(16)10-19-14(15)11-4-6-12(17-2)7-5-11/h4-7,14H,3,8-10H2,1-2H3. The van der Waals surface area contributed by atoms with Crippen LogP contribution >= 0.6 is 23.5 Å². The number of hydrogen-bond donors (Lipinski definition) is 0. The minimum absolute atomic E-state index is 0.163. The lowest BCUT2D eigenvalue weighted by Crippen LogP contribution is -2.30. The Morgan fingerprint density at radius 3 is 2.79 bits per heavy atom. The Bertz CT molecular complexity index is 422. The number of carbonyl (C=O) groups excluding carboxylic acids is 1. The molecular formula is C14H19NO2S2. The molecule has 0 radical (unpaired) electrons. The summed E-state index contributed by atoms with van der Waals surface area (Å²) in [6.07, 6.45) is 0. The molecule has 1 unspecified atom stereocenters. The van der Waals surface area contributed by atoms with Gasteiger partial charge in [0.2, 0.25) is 5.91 Å². The van der Waals surface area contributed by atoms with Crippen molar-refractivity contribution in [2.45, 2.75) is 12.3 Å². The van der Waals surface area contributed by atoms with Gasteiger partial charge in [-0.05, 0) is 23.4 Å². The zero-order valence-corrected chi connectivity index (χ0v) is 12.9. The summed E-state index contributed by atoms with van der Waals surface area (Å²) in [6, 6.07) is 8.01. The first-order valence-electron chi connectivity index (χ1n) is 6.39. The fourth-order valence-corrected chi connectivity index (χ4v) is 3.88. The lowest BCUT2D eigenvalue weighted by molar-refractivity contribution is -0.127. The molecule has 1 aromatic rings. The number of rotatable bonds is 6. The van der Waals surface area contributed by atoms with Gasteiger partial charge in [0, 0.05) is 12.3 Å². The van der Waals surface area contributed by atoms with Crippen molar-refractivity contribution in [3.05, 3.63) is 29.8 Å². The van der Waals surface area contributed by atoms with Crippen molar-refractivity contribution in [1.82, 2.24) is 4.90 Å².